The fourth-order valence-electron chi connectivity index (χ4n) is 1.70. The fourth-order valence-corrected chi connectivity index (χ4v) is 2.62. The molecule has 0 saturated carbocycles. The molecular weight excluding hydrogens is 242 g/mol. The van der Waals surface area contributed by atoms with Gasteiger partial charge >= 0.3 is 0 Å². The Morgan fingerprint density at radius 1 is 1.06 bits per heavy atom. The van der Waals surface area contributed by atoms with E-state index in [0.717, 1.165) is 31.9 Å². The van der Waals surface area contributed by atoms with E-state index >= 15 is 0 Å². The van der Waals surface area contributed by atoms with E-state index in [-0.39, 0.29) is 0 Å². The molecule has 18 heavy (non-hydrogen) atoms. The summed E-state index contributed by atoms with van der Waals surface area (Å²) in [6, 6.07) is 10.0. The summed E-state index contributed by atoms with van der Waals surface area (Å²) in [5.74, 6) is 3.40. The van der Waals surface area contributed by atoms with Crippen LogP contribution in [0.3, 0.4) is 0 Å². The third-order valence-electron chi connectivity index (χ3n) is 2.89. The number of nitrogens with zero attached hydrogens (tertiary/aromatic N) is 1. The number of hydrogen-bond acceptors (Lipinski definition) is 3. The molecule has 0 aliphatic rings. The molecule has 0 aliphatic carbocycles. The zero-order chi connectivity index (χ0) is 13.1. The molecule has 3 heteroatoms. The maximum absolute atomic E-state index is 5.65. The van der Waals surface area contributed by atoms with Crippen LogP contribution in [0.15, 0.2) is 30.3 Å². The Morgan fingerprint density at radius 3 is 2.44 bits per heavy atom. The molecule has 102 valence electrons. The highest BCUT2D eigenvalue weighted by Crippen LogP contribution is 2.09. The Balaban J connectivity index is 1.93. The molecule has 0 fully saturated rings. The molecule has 2 nitrogen and oxygen atoms in total. The Morgan fingerprint density at radius 2 is 1.78 bits per heavy atom. The summed E-state index contributed by atoms with van der Waals surface area (Å²) in [4.78, 5) is 2.47. The van der Waals surface area contributed by atoms with Crippen LogP contribution in [0.25, 0.3) is 0 Å². The van der Waals surface area contributed by atoms with E-state index in [9.17, 15) is 0 Å². The average Bonchev–Trinajstić information content (AvgIpc) is 2.43. The highest BCUT2D eigenvalue weighted by atomic mass is 32.2. The third kappa shape index (κ3) is 6.92. The maximum Gasteiger partial charge on any atom is 0.119 e. The molecule has 0 bridgehead atoms. The quantitative estimate of drug-likeness (QED) is 0.602. The van der Waals surface area contributed by atoms with Gasteiger partial charge in [0.1, 0.15) is 5.75 Å². The van der Waals surface area contributed by atoms with Crippen LogP contribution in [-0.2, 0) is 0 Å². The Kier molecular flexibility index (Phi) is 8.78. The fraction of sp³-hybridized carbons (Fsp3) is 0.600. The van der Waals surface area contributed by atoms with Crippen molar-refractivity contribution in [3.05, 3.63) is 30.3 Å². The maximum atomic E-state index is 5.65. The smallest absolute Gasteiger partial charge is 0.119 e. The lowest BCUT2D eigenvalue weighted by atomic mass is 10.3. The summed E-state index contributed by atoms with van der Waals surface area (Å²) in [7, 11) is 0. The average molecular weight is 267 g/mol. The normalized spacial score (nSPS) is 10.8. The summed E-state index contributed by atoms with van der Waals surface area (Å²) in [5.41, 5.74) is 0. The van der Waals surface area contributed by atoms with E-state index in [1.54, 1.807) is 0 Å². The minimum absolute atomic E-state index is 0.822. The van der Waals surface area contributed by atoms with E-state index in [1.165, 1.54) is 18.1 Å². The largest absolute Gasteiger partial charge is 0.494 e. The van der Waals surface area contributed by atoms with Gasteiger partial charge in [0.25, 0.3) is 0 Å². The Bertz CT molecular complexity index is 288. The molecular formula is C15H25NOS. The van der Waals surface area contributed by atoms with Gasteiger partial charge in [0.05, 0.1) is 6.61 Å². The van der Waals surface area contributed by atoms with Gasteiger partial charge in [-0.2, -0.15) is 11.8 Å². The van der Waals surface area contributed by atoms with Crippen LogP contribution in [0.1, 0.15) is 20.3 Å². The molecule has 1 aromatic rings. The number of para-hydroxylation sites is 1. The third-order valence-corrected chi connectivity index (χ3v) is 3.94. The van der Waals surface area contributed by atoms with Crippen molar-refractivity contribution in [2.45, 2.75) is 20.3 Å². The van der Waals surface area contributed by atoms with Gasteiger partial charge < -0.3 is 9.64 Å². The summed E-state index contributed by atoms with van der Waals surface area (Å²) in [5, 5.41) is 0. The molecule has 0 spiro atoms. The highest BCUT2D eigenvalue weighted by Gasteiger charge is 1.98. The summed E-state index contributed by atoms with van der Waals surface area (Å²) < 4.78 is 5.65. The van der Waals surface area contributed by atoms with Crippen molar-refractivity contribution in [1.29, 1.82) is 0 Å². The van der Waals surface area contributed by atoms with Gasteiger partial charge in [-0.15, -0.1) is 0 Å². The first-order chi connectivity index (χ1) is 8.86. The van der Waals surface area contributed by atoms with E-state index in [0.29, 0.717) is 0 Å². The van der Waals surface area contributed by atoms with Gasteiger partial charge in [-0.05, 0) is 37.4 Å². The predicted octanol–water partition coefficient (Wildman–Crippen LogP) is 3.53. The van der Waals surface area contributed by atoms with Crippen molar-refractivity contribution in [3.63, 3.8) is 0 Å². The molecule has 0 N–H and O–H groups in total. The van der Waals surface area contributed by atoms with Gasteiger partial charge in [0, 0.05) is 12.3 Å². The van der Waals surface area contributed by atoms with Crippen molar-refractivity contribution in [1.82, 2.24) is 4.90 Å². The van der Waals surface area contributed by atoms with E-state index < -0.39 is 0 Å². The molecule has 0 saturated heterocycles. The van der Waals surface area contributed by atoms with Crippen molar-refractivity contribution in [2.75, 3.05) is 37.7 Å². The van der Waals surface area contributed by atoms with Crippen LogP contribution < -0.4 is 4.74 Å². The van der Waals surface area contributed by atoms with Crippen LogP contribution >= 0.6 is 11.8 Å². The number of ether oxygens (including phenoxy) is 1. The van der Waals surface area contributed by atoms with Crippen molar-refractivity contribution < 1.29 is 4.74 Å². The lowest BCUT2D eigenvalue weighted by Gasteiger charge is -2.17. The van der Waals surface area contributed by atoms with Crippen LogP contribution in [0.5, 0.6) is 5.75 Å². The van der Waals surface area contributed by atoms with Gasteiger partial charge in [0.15, 0.2) is 0 Å². The monoisotopic (exact) mass is 267 g/mol. The summed E-state index contributed by atoms with van der Waals surface area (Å²) in [6.07, 6.45) is 1.12. The second kappa shape index (κ2) is 10.3. The van der Waals surface area contributed by atoms with Gasteiger partial charge in [-0.3, -0.25) is 0 Å². The van der Waals surface area contributed by atoms with Gasteiger partial charge in [-0.1, -0.05) is 32.0 Å². The molecule has 0 amide bonds. The first-order valence-corrected chi connectivity index (χ1v) is 8.00. The topological polar surface area (TPSA) is 12.5 Å². The standard InChI is InChI=1S/C15H25NOS/c1-3-16(4-2)11-14-18-13-8-12-17-15-9-6-5-7-10-15/h5-7,9-10H,3-4,8,11-14H2,1-2H3. The van der Waals surface area contributed by atoms with Crippen LogP contribution in [0.4, 0.5) is 0 Å². The second-order valence-corrected chi connectivity index (χ2v) is 5.38. The number of rotatable bonds is 10. The van der Waals surface area contributed by atoms with Crippen LogP contribution in [-0.4, -0.2) is 42.6 Å². The zero-order valence-corrected chi connectivity index (χ0v) is 12.4. The zero-order valence-electron chi connectivity index (χ0n) is 11.6. The second-order valence-electron chi connectivity index (χ2n) is 4.15. The molecule has 1 aromatic carbocycles. The number of hydrogen-bond donors (Lipinski definition) is 0. The Hall–Kier alpha value is -0.670. The minimum Gasteiger partial charge on any atom is -0.494 e. The molecule has 0 atom stereocenters. The number of thioether (sulfide) groups is 1. The molecule has 1 rings (SSSR count). The lowest BCUT2D eigenvalue weighted by Crippen LogP contribution is -2.25. The van der Waals surface area contributed by atoms with Gasteiger partial charge in [-0.25, -0.2) is 0 Å². The first kappa shape index (κ1) is 15.4. The first-order valence-electron chi connectivity index (χ1n) is 6.84. The Labute approximate surface area is 116 Å². The predicted molar refractivity (Wildman–Crippen MR) is 81.7 cm³/mol. The summed E-state index contributed by atoms with van der Waals surface area (Å²) in [6.45, 7) is 8.80. The molecule has 0 aromatic heterocycles. The van der Waals surface area contributed by atoms with Gasteiger partial charge in [0.2, 0.25) is 0 Å². The number of benzene rings is 1. The van der Waals surface area contributed by atoms with E-state index in [4.69, 9.17) is 4.74 Å². The molecule has 0 aliphatic heterocycles. The molecule has 0 heterocycles. The highest BCUT2D eigenvalue weighted by molar-refractivity contribution is 7.99. The van der Waals surface area contributed by atoms with Crippen molar-refractivity contribution in [2.24, 2.45) is 0 Å². The van der Waals surface area contributed by atoms with Crippen molar-refractivity contribution >= 4 is 11.8 Å². The SMILES string of the molecule is CCN(CC)CCSCCCOc1ccccc1. The summed E-state index contributed by atoms with van der Waals surface area (Å²) >= 11 is 2.03. The van der Waals surface area contributed by atoms with E-state index in [1.807, 2.05) is 42.1 Å². The minimum atomic E-state index is 0.822. The van der Waals surface area contributed by atoms with Crippen molar-refractivity contribution in [3.8, 4) is 5.75 Å². The molecule has 0 radical (unpaired) electrons. The molecule has 0 unspecified atom stereocenters. The van der Waals surface area contributed by atoms with Crippen LogP contribution in [0.2, 0.25) is 0 Å². The lowest BCUT2D eigenvalue weighted by molar-refractivity contribution is 0.318. The van der Waals surface area contributed by atoms with E-state index in [2.05, 4.69) is 18.7 Å². The van der Waals surface area contributed by atoms with Crippen LogP contribution in [0, 0.1) is 0 Å².